The monoisotopic (exact) mass is 408 g/mol. The molecule has 30 heavy (non-hydrogen) atoms. The molecule has 1 aliphatic rings. The Morgan fingerprint density at radius 1 is 1.03 bits per heavy atom. The first-order chi connectivity index (χ1) is 14.4. The van der Waals surface area contributed by atoms with Gasteiger partial charge in [0.25, 0.3) is 0 Å². The van der Waals surface area contributed by atoms with E-state index in [9.17, 15) is 4.79 Å². The van der Waals surface area contributed by atoms with E-state index in [1.54, 1.807) is 6.07 Å². The number of carbonyl (C=O) groups excluding carboxylic acids is 1. The van der Waals surface area contributed by atoms with Gasteiger partial charge in [-0.05, 0) is 43.2 Å². The van der Waals surface area contributed by atoms with Gasteiger partial charge in [0.05, 0.1) is 12.8 Å². The highest BCUT2D eigenvalue weighted by atomic mass is 16.6. The van der Waals surface area contributed by atoms with Crippen LogP contribution in [0.15, 0.2) is 52.8 Å². The van der Waals surface area contributed by atoms with Gasteiger partial charge in [-0.1, -0.05) is 59.7 Å². The molecule has 0 aromatic heterocycles. The van der Waals surface area contributed by atoms with Crippen LogP contribution in [0.4, 0.5) is 0 Å². The van der Waals surface area contributed by atoms with Crippen molar-refractivity contribution < 1.29 is 19.2 Å². The number of methoxy groups -OCH3 is 1. The van der Waals surface area contributed by atoms with E-state index in [1.165, 1.54) is 32.6 Å². The fourth-order valence-electron chi connectivity index (χ4n) is 3.52. The van der Waals surface area contributed by atoms with Crippen LogP contribution in [0.3, 0.4) is 0 Å². The lowest BCUT2D eigenvalue weighted by molar-refractivity contribution is -0.132. The Labute approximate surface area is 177 Å². The smallest absolute Gasteiger partial charge is 0.360 e. The van der Waals surface area contributed by atoms with Gasteiger partial charge in [-0.25, -0.2) is 4.79 Å². The summed E-state index contributed by atoms with van der Waals surface area (Å²) in [6, 6.07) is 13.9. The molecule has 0 N–H and O–H groups in total. The van der Waals surface area contributed by atoms with E-state index in [4.69, 9.17) is 14.4 Å². The third-order valence-corrected chi connectivity index (χ3v) is 5.60. The van der Waals surface area contributed by atoms with Crippen molar-refractivity contribution >= 4 is 17.4 Å². The van der Waals surface area contributed by atoms with Crippen molar-refractivity contribution in [3.05, 3.63) is 70.3 Å². The number of oxime groups is 2. The van der Waals surface area contributed by atoms with Crippen LogP contribution < -0.4 is 0 Å². The Balaban J connectivity index is 1.85. The second kappa shape index (κ2) is 9.11. The van der Waals surface area contributed by atoms with Crippen LogP contribution in [-0.4, -0.2) is 31.6 Å². The maximum atomic E-state index is 12.2. The van der Waals surface area contributed by atoms with Gasteiger partial charge in [-0.3, -0.25) is 0 Å². The number of nitrogens with zero attached hydrogens (tertiary/aromatic N) is 2. The minimum absolute atomic E-state index is 0.0926. The zero-order chi connectivity index (χ0) is 21.7. The third-order valence-electron chi connectivity index (χ3n) is 5.60. The first kappa shape index (κ1) is 21.6. The number of carbonyl (C=O) groups is 1. The predicted molar refractivity (Wildman–Crippen MR) is 117 cm³/mol. The van der Waals surface area contributed by atoms with Crippen molar-refractivity contribution in [2.45, 2.75) is 45.6 Å². The van der Waals surface area contributed by atoms with Gasteiger partial charge in [0, 0.05) is 16.7 Å². The van der Waals surface area contributed by atoms with Crippen LogP contribution in [0.25, 0.3) is 0 Å². The van der Waals surface area contributed by atoms with Gasteiger partial charge in [0.15, 0.2) is 5.71 Å². The maximum Gasteiger partial charge on any atom is 0.360 e. The Morgan fingerprint density at radius 2 is 1.73 bits per heavy atom. The maximum absolute atomic E-state index is 12.2. The van der Waals surface area contributed by atoms with Gasteiger partial charge in [0.2, 0.25) is 0 Å². The number of ether oxygens (including phenoxy) is 1. The van der Waals surface area contributed by atoms with Crippen LogP contribution in [0.5, 0.6) is 0 Å². The van der Waals surface area contributed by atoms with Crippen molar-refractivity contribution in [2.24, 2.45) is 10.3 Å². The van der Waals surface area contributed by atoms with E-state index in [1.807, 2.05) is 32.0 Å². The number of hydrogen-bond acceptors (Lipinski definition) is 6. The normalized spacial score (nSPS) is 15.5. The summed E-state index contributed by atoms with van der Waals surface area (Å²) in [6.07, 6.45) is 2.39. The van der Waals surface area contributed by atoms with Gasteiger partial charge in [-0.2, -0.15) is 0 Å². The predicted octanol–water partition coefficient (Wildman–Crippen LogP) is 4.51. The SMILES string of the molecule is CO/N=C(/C(=O)OC)c1cccc(C)c1CO/N=C(\C)c1ccccc1C1(C)CC1. The van der Waals surface area contributed by atoms with Crippen molar-refractivity contribution in [1.82, 2.24) is 0 Å². The van der Waals surface area contributed by atoms with Crippen LogP contribution in [0.2, 0.25) is 0 Å². The molecule has 0 saturated heterocycles. The first-order valence-corrected chi connectivity index (χ1v) is 9.96. The van der Waals surface area contributed by atoms with E-state index in [2.05, 4.69) is 35.4 Å². The van der Waals surface area contributed by atoms with Gasteiger partial charge in [-0.15, -0.1) is 0 Å². The second-order valence-electron chi connectivity index (χ2n) is 7.77. The Kier molecular flexibility index (Phi) is 6.55. The number of esters is 1. The van der Waals surface area contributed by atoms with Gasteiger partial charge < -0.3 is 14.4 Å². The Bertz CT molecular complexity index is 990. The van der Waals surface area contributed by atoms with E-state index in [0.29, 0.717) is 5.56 Å². The molecule has 0 bridgehead atoms. The molecule has 158 valence electrons. The molecule has 0 spiro atoms. The van der Waals surface area contributed by atoms with E-state index in [0.717, 1.165) is 22.4 Å². The van der Waals surface area contributed by atoms with Crippen LogP contribution >= 0.6 is 0 Å². The molecular formula is C24H28N2O4. The van der Waals surface area contributed by atoms with Gasteiger partial charge in [0.1, 0.15) is 13.7 Å². The zero-order valence-electron chi connectivity index (χ0n) is 18.2. The summed E-state index contributed by atoms with van der Waals surface area (Å²) >= 11 is 0. The van der Waals surface area contributed by atoms with E-state index < -0.39 is 5.97 Å². The Morgan fingerprint density at radius 3 is 2.40 bits per heavy atom. The number of hydrogen-bond donors (Lipinski definition) is 0. The molecular weight excluding hydrogens is 380 g/mol. The summed E-state index contributed by atoms with van der Waals surface area (Å²) in [7, 11) is 2.70. The molecule has 0 heterocycles. The molecule has 6 heteroatoms. The summed E-state index contributed by atoms with van der Waals surface area (Å²) in [5.41, 5.74) is 5.94. The molecule has 2 aromatic carbocycles. The molecule has 0 radical (unpaired) electrons. The average Bonchev–Trinajstić information content (AvgIpc) is 3.51. The fourth-order valence-corrected chi connectivity index (χ4v) is 3.52. The first-order valence-electron chi connectivity index (χ1n) is 9.96. The molecule has 2 aromatic rings. The van der Waals surface area contributed by atoms with E-state index >= 15 is 0 Å². The highest BCUT2D eigenvalue weighted by Crippen LogP contribution is 2.48. The summed E-state index contributed by atoms with van der Waals surface area (Å²) in [4.78, 5) is 22.7. The topological polar surface area (TPSA) is 69.5 Å². The summed E-state index contributed by atoms with van der Waals surface area (Å²) in [6.45, 7) is 6.38. The van der Waals surface area contributed by atoms with Crippen molar-refractivity contribution in [3.8, 4) is 0 Å². The van der Waals surface area contributed by atoms with Gasteiger partial charge >= 0.3 is 5.97 Å². The molecule has 3 rings (SSSR count). The number of rotatable bonds is 8. The second-order valence-corrected chi connectivity index (χ2v) is 7.77. The summed E-state index contributed by atoms with van der Waals surface area (Å²) in [5.74, 6) is -0.574. The fraction of sp³-hybridized carbons (Fsp3) is 0.375. The summed E-state index contributed by atoms with van der Waals surface area (Å²) < 4.78 is 4.85. The van der Waals surface area contributed by atoms with Crippen molar-refractivity contribution in [3.63, 3.8) is 0 Å². The quantitative estimate of drug-likeness (QED) is 0.366. The lowest BCUT2D eigenvalue weighted by Crippen LogP contribution is -2.20. The molecule has 6 nitrogen and oxygen atoms in total. The molecule has 1 saturated carbocycles. The Hall–Kier alpha value is -3.15. The molecule has 0 atom stereocenters. The standard InChI is InChI=1S/C24H28N2O4/c1-16-9-8-11-19(22(26-29-5)23(27)28-4)20(16)15-30-25-17(2)18-10-6-7-12-21(18)24(3)13-14-24/h6-12H,13-15H2,1-5H3/b25-17+,26-22+. The largest absolute Gasteiger partial charge is 0.464 e. The van der Waals surface area contributed by atoms with Crippen LogP contribution in [-0.2, 0) is 31.2 Å². The van der Waals surface area contributed by atoms with Crippen molar-refractivity contribution in [2.75, 3.05) is 14.2 Å². The highest BCUT2D eigenvalue weighted by Gasteiger charge is 2.40. The molecule has 1 aliphatic carbocycles. The molecule has 0 unspecified atom stereocenters. The number of aryl methyl sites for hydroxylation is 1. The number of benzene rings is 2. The average molecular weight is 408 g/mol. The lowest BCUT2D eigenvalue weighted by atomic mass is 9.91. The zero-order valence-corrected chi connectivity index (χ0v) is 18.2. The van der Waals surface area contributed by atoms with Crippen LogP contribution in [0.1, 0.15) is 54.5 Å². The molecule has 1 fully saturated rings. The van der Waals surface area contributed by atoms with Crippen molar-refractivity contribution in [1.29, 1.82) is 0 Å². The third kappa shape index (κ3) is 4.53. The molecule has 0 aliphatic heterocycles. The minimum atomic E-state index is -0.574. The summed E-state index contributed by atoms with van der Waals surface area (Å²) in [5, 5.41) is 8.23. The minimum Gasteiger partial charge on any atom is -0.464 e. The lowest BCUT2D eigenvalue weighted by Gasteiger charge is -2.15. The van der Waals surface area contributed by atoms with E-state index in [-0.39, 0.29) is 17.7 Å². The van der Waals surface area contributed by atoms with Crippen LogP contribution in [0, 0.1) is 6.92 Å². The highest BCUT2D eigenvalue weighted by molar-refractivity contribution is 6.43. The molecule has 0 amide bonds.